The number of benzene rings is 1. The van der Waals surface area contributed by atoms with Crippen LogP contribution in [0.4, 0.5) is 8.78 Å². The quantitative estimate of drug-likeness (QED) is 0.402. The first-order chi connectivity index (χ1) is 10.4. The van der Waals surface area contributed by atoms with Crippen LogP contribution in [0.1, 0.15) is 5.56 Å². The first kappa shape index (κ1) is 25.1. The molecule has 24 heavy (non-hydrogen) atoms. The van der Waals surface area contributed by atoms with Gasteiger partial charge in [-0.25, -0.2) is 4.57 Å². The summed E-state index contributed by atoms with van der Waals surface area (Å²) in [7, 11) is -4.97. The van der Waals surface area contributed by atoms with Gasteiger partial charge in [-0.05, 0) is 45.8 Å². The summed E-state index contributed by atoms with van der Waals surface area (Å²) in [6.45, 7) is 0. The molecule has 0 aliphatic carbocycles. The van der Waals surface area contributed by atoms with Gasteiger partial charge < -0.3 is 9.42 Å². The second kappa shape index (κ2) is 11.7. The van der Waals surface area contributed by atoms with Crippen molar-refractivity contribution in [2.75, 3.05) is 0 Å². The summed E-state index contributed by atoms with van der Waals surface area (Å²) < 4.78 is 40.7. The topological polar surface area (TPSA) is 59.4 Å². The first-order valence-electron chi connectivity index (χ1n) is 6.00. The number of pyridine rings is 1. The van der Waals surface area contributed by atoms with Crippen LogP contribution in [0.2, 0.25) is 0 Å². The van der Waals surface area contributed by atoms with Crippen LogP contribution in [-0.2, 0) is 10.3 Å². The second-order valence-corrected chi connectivity index (χ2v) is 7.78. The van der Waals surface area contributed by atoms with E-state index in [0.29, 0.717) is 10.2 Å². The summed E-state index contributed by atoms with van der Waals surface area (Å²) in [5.41, 5.74) is 0.901. The fourth-order valence-corrected chi connectivity index (χ4v) is 3.46. The van der Waals surface area contributed by atoms with Gasteiger partial charge in [0.05, 0.1) is 4.47 Å². The largest absolute Gasteiger partial charge is 0.442 e. The molecule has 1 unspecified atom stereocenters. The van der Waals surface area contributed by atoms with Crippen LogP contribution in [0.15, 0.2) is 52.1 Å². The van der Waals surface area contributed by atoms with Crippen molar-refractivity contribution < 1.29 is 22.8 Å². The second-order valence-electron chi connectivity index (χ2n) is 4.18. The molecule has 2 radical (unpaired) electrons. The van der Waals surface area contributed by atoms with Gasteiger partial charge in [0.2, 0.25) is 0 Å². The number of alkyl halides is 2. The third-order valence-electron chi connectivity index (χ3n) is 2.51. The molecule has 1 heterocycles. The molecule has 0 amide bonds. The summed E-state index contributed by atoms with van der Waals surface area (Å²) in [4.78, 5) is 14.0. The Morgan fingerprint density at radius 3 is 2.58 bits per heavy atom. The van der Waals surface area contributed by atoms with Crippen molar-refractivity contribution >= 4 is 94.4 Å². The van der Waals surface area contributed by atoms with Crippen LogP contribution in [0, 0.1) is 0 Å². The van der Waals surface area contributed by atoms with Crippen molar-refractivity contribution in [2.45, 2.75) is 16.8 Å². The number of hydrogen-bond acceptors (Lipinski definition) is 4. The molecular weight excluding hydrogens is 445 g/mol. The molecule has 0 aliphatic rings. The van der Waals surface area contributed by atoms with Crippen molar-refractivity contribution in [3.05, 3.63) is 52.8 Å². The molecule has 2 rings (SSSR count). The predicted molar refractivity (Wildman–Crippen MR) is 95.9 cm³/mol. The zero-order valence-electron chi connectivity index (χ0n) is 13.0. The molecule has 0 spiro atoms. The maximum absolute atomic E-state index is 12.4. The molecule has 4 nitrogen and oxygen atoms in total. The Bertz CT molecular complexity index is 700. The van der Waals surface area contributed by atoms with Gasteiger partial charge in [-0.1, -0.05) is 6.07 Å². The molecule has 11 heteroatoms. The normalized spacial score (nSPS) is 12.7. The summed E-state index contributed by atoms with van der Waals surface area (Å²) in [5, 5.41) is 0. The van der Waals surface area contributed by atoms with Gasteiger partial charge in [0, 0.05) is 82.2 Å². The van der Waals surface area contributed by atoms with Gasteiger partial charge in [0.1, 0.15) is 5.75 Å². The third kappa shape index (κ3) is 7.74. The summed E-state index contributed by atoms with van der Waals surface area (Å²) in [6.07, 6.45) is -0.0228. The average molecular weight is 456 g/mol. The van der Waals surface area contributed by atoms with E-state index in [1.807, 2.05) is 12.1 Å². The van der Waals surface area contributed by atoms with Crippen LogP contribution >= 0.6 is 35.3 Å². The first-order valence-corrected chi connectivity index (χ1v) is 9.42. The van der Waals surface area contributed by atoms with E-state index in [1.165, 1.54) is 6.07 Å². The van der Waals surface area contributed by atoms with Crippen LogP contribution in [0.5, 0.6) is 5.75 Å². The Kier molecular flexibility index (Phi) is 12.2. The Labute approximate surface area is 195 Å². The van der Waals surface area contributed by atoms with E-state index in [4.69, 9.17) is 4.89 Å². The molecule has 0 saturated carbocycles. The molecule has 0 fully saturated rings. The molecular formula is C13H11BrF2NNa2O3PS. The minimum Gasteiger partial charge on any atom is -0.420 e. The van der Waals surface area contributed by atoms with E-state index in [9.17, 15) is 13.3 Å². The number of rotatable bonds is 6. The van der Waals surface area contributed by atoms with Gasteiger partial charge in [-0.2, -0.15) is 8.78 Å². The number of thioether (sulfide) groups is 1. The Morgan fingerprint density at radius 2 is 2.04 bits per heavy atom. The minimum absolute atomic E-state index is 0. The number of halogens is 3. The molecule has 0 bridgehead atoms. The summed E-state index contributed by atoms with van der Waals surface area (Å²) >= 11 is 4.71. The van der Waals surface area contributed by atoms with Crippen molar-refractivity contribution in [1.82, 2.24) is 4.98 Å². The van der Waals surface area contributed by atoms with Gasteiger partial charge in [-0.15, -0.1) is 11.8 Å². The number of aromatic nitrogens is 1. The fourth-order valence-electron chi connectivity index (χ4n) is 1.49. The van der Waals surface area contributed by atoms with Crippen LogP contribution in [0.25, 0.3) is 0 Å². The number of hydrogen-bond donors (Lipinski definition) is 1. The zero-order valence-corrected chi connectivity index (χ0v) is 20.3. The summed E-state index contributed by atoms with van der Waals surface area (Å²) in [5.74, 6) is 0.539. The SMILES string of the molecule is O=P(O)(Oc1ccc(CSc2cccnc2)cc1Br)C(F)F.[Na].[Na]. The Hall–Kier alpha value is 1.05. The van der Waals surface area contributed by atoms with E-state index in [2.05, 4.69) is 25.4 Å². The molecule has 1 aromatic carbocycles. The maximum atomic E-state index is 12.4. The van der Waals surface area contributed by atoms with Crippen molar-refractivity contribution in [3.63, 3.8) is 0 Å². The average Bonchev–Trinajstić information content (AvgIpc) is 2.48. The van der Waals surface area contributed by atoms with Gasteiger partial charge in [0.15, 0.2) is 0 Å². The standard InChI is InChI=1S/C13H11BrF2NO3PS.2Na/c14-11-6-9(8-22-10-2-1-5-17-7-10)3-4-12(11)20-21(18,19)13(15)16;;/h1-7,13H,8H2,(H,18,19);;. The van der Waals surface area contributed by atoms with E-state index >= 15 is 0 Å². The smallest absolute Gasteiger partial charge is 0.420 e. The molecule has 1 aromatic heterocycles. The third-order valence-corrected chi connectivity index (χ3v) is 5.14. The van der Waals surface area contributed by atoms with Crippen molar-refractivity contribution in [1.29, 1.82) is 0 Å². The van der Waals surface area contributed by atoms with Crippen molar-refractivity contribution in [3.8, 4) is 5.75 Å². The Balaban J connectivity index is 0.00000264. The zero-order chi connectivity index (χ0) is 16.2. The van der Waals surface area contributed by atoms with E-state index in [1.54, 1.807) is 36.3 Å². The maximum Gasteiger partial charge on any atom is 0.442 e. The molecule has 120 valence electrons. The predicted octanol–water partition coefficient (Wildman–Crippen LogP) is 4.16. The molecule has 2 aromatic rings. The fraction of sp³-hybridized carbons (Fsp3) is 0.154. The molecule has 0 aliphatic heterocycles. The van der Waals surface area contributed by atoms with Crippen molar-refractivity contribution in [2.24, 2.45) is 0 Å². The van der Waals surface area contributed by atoms with E-state index in [0.717, 1.165) is 10.5 Å². The van der Waals surface area contributed by atoms with Crippen LogP contribution in [-0.4, -0.2) is 75.2 Å². The minimum atomic E-state index is -4.97. The summed E-state index contributed by atoms with van der Waals surface area (Å²) in [6, 6.07) is 8.45. The number of nitrogens with zero attached hydrogens (tertiary/aromatic N) is 1. The molecule has 1 atom stereocenters. The molecule has 1 N–H and O–H groups in total. The van der Waals surface area contributed by atoms with E-state index in [-0.39, 0.29) is 64.9 Å². The van der Waals surface area contributed by atoms with Gasteiger partial charge >= 0.3 is 13.8 Å². The molecule has 0 saturated heterocycles. The van der Waals surface area contributed by atoms with Gasteiger partial charge in [0.25, 0.3) is 0 Å². The Morgan fingerprint density at radius 1 is 1.33 bits per heavy atom. The van der Waals surface area contributed by atoms with Crippen LogP contribution in [0.3, 0.4) is 0 Å². The van der Waals surface area contributed by atoms with Gasteiger partial charge in [-0.3, -0.25) is 4.98 Å². The monoisotopic (exact) mass is 455 g/mol. The van der Waals surface area contributed by atoms with E-state index < -0.39 is 13.8 Å². The van der Waals surface area contributed by atoms with Crippen LogP contribution < -0.4 is 4.52 Å².